The Hall–Kier alpha value is -2.43. The van der Waals surface area contributed by atoms with Gasteiger partial charge in [-0.1, -0.05) is 31.2 Å². The molecule has 25 heavy (non-hydrogen) atoms. The topological polar surface area (TPSA) is 64.1 Å². The van der Waals surface area contributed by atoms with E-state index < -0.39 is 0 Å². The second kappa shape index (κ2) is 7.21. The molecule has 1 saturated carbocycles. The molecule has 1 fully saturated rings. The SMILES string of the molecule is CC(=O)NC(C)Cc1ccc(-c2cnc(OCC3(C)CC3)nc2)cc1. The van der Waals surface area contributed by atoms with E-state index in [9.17, 15) is 4.79 Å². The Labute approximate surface area is 148 Å². The maximum atomic E-state index is 11.1. The van der Waals surface area contributed by atoms with Gasteiger partial charge in [-0.05, 0) is 37.3 Å². The molecule has 1 heterocycles. The van der Waals surface area contributed by atoms with Crippen molar-refractivity contribution in [3.8, 4) is 17.1 Å². The molecule has 1 aromatic carbocycles. The molecular formula is C20H25N3O2. The third-order valence-corrected chi connectivity index (χ3v) is 4.56. The molecule has 1 aliphatic rings. The van der Waals surface area contributed by atoms with Gasteiger partial charge in [0.1, 0.15) is 0 Å². The van der Waals surface area contributed by atoms with Gasteiger partial charge in [-0.15, -0.1) is 0 Å². The van der Waals surface area contributed by atoms with Crippen LogP contribution in [0.1, 0.15) is 39.2 Å². The third kappa shape index (κ3) is 5.02. The Kier molecular flexibility index (Phi) is 5.02. The zero-order valence-corrected chi connectivity index (χ0v) is 15.1. The predicted molar refractivity (Wildman–Crippen MR) is 97.3 cm³/mol. The van der Waals surface area contributed by atoms with Crippen molar-refractivity contribution in [1.29, 1.82) is 0 Å². The van der Waals surface area contributed by atoms with E-state index in [0.29, 0.717) is 18.0 Å². The van der Waals surface area contributed by atoms with Crippen molar-refractivity contribution in [2.45, 2.75) is 46.1 Å². The maximum absolute atomic E-state index is 11.1. The van der Waals surface area contributed by atoms with Crippen LogP contribution in [0, 0.1) is 5.41 Å². The van der Waals surface area contributed by atoms with E-state index >= 15 is 0 Å². The molecule has 5 heteroatoms. The number of nitrogens with one attached hydrogen (secondary N) is 1. The average Bonchev–Trinajstić information content (AvgIpc) is 3.31. The number of benzene rings is 1. The number of aromatic nitrogens is 2. The van der Waals surface area contributed by atoms with Gasteiger partial charge in [0.15, 0.2) is 0 Å². The number of amides is 1. The first kappa shape index (κ1) is 17.4. The minimum absolute atomic E-state index is 0.000688. The van der Waals surface area contributed by atoms with Gasteiger partial charge in [0.25, 0.3) is 0 Å². The molecule has 1 aromatic heterocycles. The lowest BCUT2D eigenvalue weighted by Crippen LogP contribution is -2.31. The summed E-state index contributed by atoms with van der Waals surface area (Å²) in [6, 6.07) is 8.83. The second-order valence-corrected chi connectivity index (χ2v) is 7.36. The van der Waals surface area contributed by atoms with Gasteiger partial charge >= 0.3 is 6.01 Å². The largest absolute Gasteiger partial charge is 0.463 e. The van der Waals surface area contributed by atoms with Crippen molar-refractivity contribution >= 4 is 5.91 Å². The molecule has 5 nitrogen and oxygen atoms in total. The molecule has 132 valence electrons. The molecule has 1 atom stereocenters. The van der Waals surface area contributed by atoms with Crippen LogP contribution >= 0.6 is 0 Å². The Morgan fingerprint density at radius 3 is 2.40 bits per heavy atom. The van der Waals surface area contributed by atoms with E-state index in [0.717, 1.165) is 17.5 Å². The first-order valence-corrected chi connectivity index (χ1v) is 8.75. The van der Waals surface area contributed by atoms with Gasteiger partial charge < -0.3 is 10.1 Å². The maximum Gasteiger partial charge on any atom is 0.316 e. The molecule has 0 aliphatic heterocycles. The van der Waals surface area contributed by atoms with E-state index in [4.69, 9.17) is 4.74 Å². The molecule has 1 aliphatic carbocycles. The van der Waals surface area contributed by atoms with Crippen molar-refractivity contribution in [3.63, 3.8) is 0 Å². The van der Waals surface area contributed by atoms with E-state index in [1.54, 1.807) is 12.4 Å². The number of ether oxygens (including phenoxy) is 1. The summed E-state index contributed by atoms with van der Waals surface area (Å²) >= 11 is 0. The van der Waals surface area contributed by atoms with Gasteiger partial charge in [-0.2, -0.15) is 0 Å². The smallest absolute Gasteiger partial charge is 0.316 e. The highest BCUT2D eigenvalue weighted by Gasteiger charge is 2.38. The minimum Gasteiger partial charge on any atom is -0.463 e. The number of nitrogens with zero attached hydrogens (tertiary/aromatic N) is 2. The summed E-state index contributed by atoms with van der Waals surface area (Å²) in [7, 11) is 0. The molecule has 2 aromatic rings. The summed E-state index contributed by atoms with van der Waals surface area (Å²) in [5.41, 5.74) is 3.54. The Bertz CT molecular complexity index is 722. The van der Waals surface area contributed by atoms with Crippen LogP contribution in [0.15, 0.2) is 36.7 Å². The number of hydrogen-bond acceptors (Lipinski definition) is 4. The first-order valence-electron chi connectivity index (χ1n) is 8.75. The van der Waals surface area contributed by atoms with Crippen LogP contribution in [0.4, 0.5) is 0 Å². The zero-order chi connectivity index (χ0) is 17.9. The summed E-state index contributed by atoms with van der Waals surface area (Å²) < 4.78 is 5.66. The number of carbonyl (C=O) groups excluding carboxylic acids is 1. The van der Waals surface area contributed by atoms with Crippen molar-refractivity contribution in [2.24, 2.45) is 5.41 Å². The van der Waals surface area contributed by atoms with E-state index in [1.807, 2.05) is 6.92 Å². The summed E-state index contributed by atoms with van der Waals surface area (Å²) in [4.78, 5) is 19.7. The van der Waals surface area contributed by atoms with Gasteiger partial charge in [0.05, 0.1) is 6.61 Å². The van der Waals surface area contributed by atoms with E-state index in [2.05, 4.69) is 46.5 Å². The standard InChI is InChI=1S/C20H25N3O2/c1-14(23-15(2)24)10-16-4-6-17(7-5-16)18-11-21-19(22-12-18)25-13-20(3)8-9-20/h4-7,11-12,14H,8-10,13H2,1-3H3,(H,23,24). The molecule has 0 saturated heterocycles. The monoisotopic (exact) mass is 339 g/mol. The van der Waals surface area contributed by atoms with Gasteiger partial charge in [0, 0.05) is 36.3 Å². The van der Waals surface area contributed by atoms with Crippen LogP contribution in [0.3, 0.4) is 0 Å². The predicted octanol–water partition coefficient (Wildman–Crippen LogP) is 3.39. The molecule has 1 unspecified atom stereocenters. The lowest BCUT2D eigenvalue weighted by molar-refractivity contribution is -0.119. The summed E-state index contributed by atoms with van der Waals surface area (Å²) in [6.45, 7) is 6.45. The molecule has 0 radical (unpaired) electrons. The second-order valence-electron chi connectivity index (χ2n) is 7.36. The van der Waals surface area contributed by atoms with E-state index in [1.165, 1.54) is 25.3 Å². The number of carbonyl (C=O) groups is 1. The van der Waals surface area contributed by atoms with Crippen LogP contribution < -0.4 is 10.1 Å². The van der Waals surface area contributed by atoms with Crippen molar-refractivity contribution in [1.82, 2.24) is 15.3 Å². The fourth-order valence-electron chi connectivity index (χ4n) is 2.72. The van der Waals surface area contributed by atoms with Crippen LogP contribution in [0.25, 0.3) is 11.1 Å². The lowest BCUT2D eigenvalue weighted by Gasteiger charge is -2.12. The lowest BCUT2D eigenvalue weighted by atomic mass is 10.0. The fourth-order valence-corrected chi connectivity index (χ4v) is 2.72. The number of rotatable bonds is 7. The molecule has 1 amide bonds. The van der Waals surface area contributed by atoms with Crippen molar-refractivity contribution < 1.29 is 9.53 Å². The molecule has 1 N–H and O–H groups in total. The normalized spacial score (nSPS) is 16.1. The van der Waals surface area contributed by atoms with Gasteiger partial charge in [-0.25, -0.2) is 9.97 Å². The molecule has 0 spiro atoms. The Morgan fingerprint density at radius 1 is 1.20 bits per heavy atom. The fraction of sp³-hybridized carbons (Fsp3) is 0.450. The summed E-state index contributed by atoms with van der Waals surface area (Å²) in [5.74, 6) is -0.000688. The van der Waals surface area contributed by atoms with E-state index in [-0.39, 0.29) is 11.9 Å². The quantitative estimate of drug-likeness (QED) is 0.840. The van der Waals surface area contributed by atoms with Crippen LogP contribution in [0.2, 0.25) is 0 Å². The van der Waals surface area contributed by atoms with Crippen molar-refractivity contribution in [3.05, 3.63) is 42.2 Å². The highest BCUT2D eigenvalue weighted by atomic mass is 16.5. The summed E-state index contributed by atoms with van der Waals surface area (Å²) in [5, 5.41) is 2.90. The molecular weight excluding hydrogens is 314 g/mol. The minimum atomic E-state index is -0.000688. The van der Waals surface area contributed by atoms with Crippen LogP contribution in [-0.4, -0.2) is 28.5 Å². The third-order valence-electron chi connectivity index (χ3n) is 4.56. The van der Waals surface area contributed by atoms with Crippen LogP contribution in [-0.2, 0) is 11.2 Å². The highest BCUT2D eigenvalue weighted by Crippen LogP contribution is 2.44. The van der Waals surface area contributed by atoms with Gasteiger partial charge in [0.2, 0.25) is 5.91 Å². The molecule has 0 bridgehead atoms. The first-order chi connectivity index (χ1) is 11.9. The Balaban J connectivity index is 1.58. The zero-order valence-electron chi connectivity index (χ0n) is 15.1. The van der Waals surface area contributed by atoms with Gasteiger partial charge in [-0.3, -0.25) is 4.79 Å². The summed E-state index contributed by atoms with van der Waals surface area (Å²) in [6.07, 6.45) is 6.84. The average molecular weight is 339 g/mol. The van der Waals surface area contributed by atoms with Crippen LogP contribution in [0.5, 0.6) is 6.01 Å². The Morgan fingerprint density at radius 2 is 1.84 bits per heavy atom. The molecule has 3 rings (SSSR count). The number of hydrogen-bond donors (Lipinski definition) is 1. The van der Waals surface area contributed by atoms with Crippen molar-refractivity contribution in [2.75, 3.05) is 6.61 Å². The highest BCUT2D eigenvalue weighted by molar-refractivity contribution is 5.73.